The number of pyridine rings is 1. The van der Waals surface area contributed by atoms with Crippen molar-refractivity contribution in [3.63, 3.8) is 0 Å². The number of hydrogen-bond donors (Lipinski definition) is 0. The van der Waals surface area contributed by atoms with Gasteiger partial charge in [0.1, 0.15) is 11.3 Å². The molecule has 4 rings (SSSR count). The van der Waals surface area contributed by atoms with Gasteiger partial charge >= 0.3 is 0 Å². The van der Waals surface area contributed by atoms with Gasteiger partial charge in [-0.15, -0.1) is 0 Å². The van der Waals surface area contributed by atoms with Crippen LogP contribution < -0.4 is 0 Å². The second kappa shape index (κ2) is 7.22. The molecule has 1 fully saturated rings. The van der Waals surface area contributed by atoms with E-state index in [9.17, 15) is 8.42 Å². The molecule has 154 valence electrons. The molecule has 0 N–H and O–H groups in total. The Morgan fingerprint density at radius 2 is 1.86 bits per heavy atom. The normalized spacial score (nSPS) is 18.6. The van der Waals surface area contributed by atoms with Crippen LogP contribution in [0.3, 0.4) is 0 Å². The van der Waals surface area contributed by atoms with Gasteiger partial charge in [0, 0.05) is 31.7 Å². The Morgan fingerprint density at radius 3 is 2.52 bits per heavy atom. The molecule has 0 unspecified atom stereocenters. The van der Waals surface area contributed by atoms with Crippen molar-refractivity contribution in [3.05, 3.63) is 54.0 Å². The molecule has 1 aliphatic heterocycles. The number of aryl methyl sites for hydroxylation is 1. The lowest BCUT2D eigenvalue weighted by Crippen LogP contribution is -2.29. The summed E-state index contributed by atoms with van der Waals surface area (Å²) in [5.41, 5.74) is 2.85. The third-order valence-corrected chi connectivity index (χ3v) is 7.60. The van der Waals surface area contributed by atoms with E-state index in [1.807, 2.05) is 24.3 Å². The molecule has 0 amide bonds. The van der Waals surface area contributed by atoms with Crippen LogP contribution >= 0.6 is 0 Å². The van der Waals surface area contributed by atoms with E-state index in [2.05, 4.69) is 37.2 Å². The maximum absolute atomic E-state index is 13.2. The quantitative estimate of drug-likeness (QED) is 0.651. The Hall–Kier alpha value is -2.25. The molecular formula is C22H28N4O2S. The van der Waals surface area contributed by atoms with E-state index >= 15 is 0 Å². The average molecular weight is 413 g/mol. The second-order valence-electron chi connectivity index (χ2n) is 8.68. The predicted molar refractivity (Wildman–Crippen MR) is 114 cm³/mol. The third-order valence-electron chi connectivity index (χ3n) is 5.72. The summed E-state index contributed by atoms with van der Waals surface area (Å²) in [5.74, 6) is 1.01. The number of hydrogen-bond acceptors (Lipinski definition) is 4. The van der Waals surface area contributed by atoms with Crippen molar-refractivity contribution >= 4 is 21.2 Å². The van der Waals surface area contributed by atoms with E-state index in [4.69, 9.17) is 4.98 Å². The maximum atomic E-state index is 13.2. The van der Waals surface area contributed by atoms with Crippen LogP contribution in [0.4, 0.5) is 0 Å². The zero-order chi connectivity index (χ0) is 20.8. The Balaban J connectivity index is 1.60. The molecule has 3 heterocycles. The summed E-state index contributed by atoms with van der Waals surface area (Å²) < 4.78 is 30.1. The van der Waals surface area contributed by atoms with E-state index in [1.54, 1.807) is 22.6 Å². The number of fused-ring (bicyclic) bond motifs is 1. The second-order valence-corrected chi connectivity index (χ2v) is 10.6. The van der Waals surface area contributed by atoms with E-state index in [1.165, 1.54) is 0 Å². The molecule has 1 aromatic carbocycles. The first-order valence-electron chi connectivity index (χ1n) is 10.1. The van der Waals surface area contributed by atoms with Crippen LogP contribution in [0.25, 0.3) is 11.2 Å². The summed E-state index contributed by atoms with van der Waals surface area (Å²) in [4.78, 5) is 9.59. The van der Waals surface area contributed by atoms with Gasteiger partial charge in [0.25, 0.3) is 0 Å². The molecule has 0 bridgehead atoms. The molecule has 1 saturated heterocycles. The van der Waals surface area contributed by atoms with Crippen LogP contribution in [0, 0.1) is 0 Å². The summed E-state index contributed by atoms with van der Waals surface area (Å²) in [6.45, 7) is 10.2. The van der Waals surface area contributed by atoms with Crippen molar-refractivity contribution in [1.29, 1.82) is 0 Å². The van der Waals surface area contributed by atoms with Crippen LogP contribution in [-0.2, 0) is 22.0 Å². The van der Waals surface area contributed by atoms with Crippen molar-refractivity contribution in [2.45, 2.75) is 56.9 Å². The summed E-state index contributed by atoms with van der Waals surface area (Å²) >= 11 is 0. The first-order chi connectivity index (χ1) is 13.7. The highest BCUT2D eigenvalue weighted by atomic mass is 32.2. The molecule has 2 aromatic heterocycles. The first-order valence-corrected chi connectivity index (χ1v) is 11.6. The number of sulfonamides is 1. The minimum atomic E-state index is -3.51. The fourth-order valence-corrected chi connectivity index (χ4v) is 5.53. The SMILES string of the molecule is CCn1c([C@@H]2CCN(S(=O)(=O)c3ccc(C(C)(C)C)cc3)C2)nc2cccnc21. The Bertz CT molecular complexity index is 1130. The zero-order valence-corrected chi connectivity index (χ0v) is 18.3. The highest BCUT2D eigenvalue weighted by molar-refractivity contribution is 7.89. The van der Waals surface area contributed by atoms with Gasteiger partial charge in [-0.3, -0.25) is 0 Å². The number of rotatable bonds is 4. The van der Waals surface area contributed by atoms with E-state index in [0.29, 0.717) is 18.0 Å². The first kappa shape index (κ1) is 20.0. The summed E-state index contributed by atoms with van der Waals surface area (Å²) in [6, 6.07) is 11.1. The van der Waals surface area contributed by atoms with Crippen LogP contribution in [-0.4, -0.2) is 40.3 Å². The van der Waals surface area contributed by atoms with Gasteiger partial charge in [-0.2, -0.15) is 4.31 Å². The van der Waals surface area contributed by atoms with E-state index < -0.39 is 10.0 Å². The van der Waals surface area contributed by atoms with Gasteiger partial charge in [-0.05, 0) is 48.6 Å². The van der Waals surface area contributed by atoms with Gasteiger partial charge in [0.05, 0.1) is 4.90 Å². The van der Waals surface area contributed by atoms with Gasteiger partial charge in [0.2, 0.25) is 10.0 Å². The van der Waals surface area contributed by atoms with Gasteiger partial charge < -0.3 is 4.57 Å². The molecule has 3 aromatic rings. The van der Waals surface area contributed by atoms with Crippen LogP contribution in [0.1, 0.15) is 51.4 Å². The third kappa shape index (κ3) is 3.57. The zero-order valence-electron chi connectivity index (χ0n) is 17.5. The summed E-state index contributed by atoms with van der Waals surface area (Å²) in [5, 5.41) is 0. The highest BCUT2D eigenvalue weighted by Gasteiger charge is 2.35. The lowest BCUT2D eigenvalue weighted by molar-refractivity contribution is 0.469. The highest BCUT2D eigenvalue weighted by Crippen LogP contribution is 2.33. The summed E-state index contributed by atoms with van der Waals surface area (Å²) in [6.07, 6.45) is 2.54. The molecule has 1 aliphatic rings. The largest absolute Gasteiger partial charge is 0.313 e. The molecule has 6 nitrogen and oxygen atoms in total. The Kier molecular flexibility index (Phi) is 4.99. The van der Waals surface area contributed by atoms with Gasteiger partial charge in [-0.25, -0.2) is 18.4 Å². The fraction of sp³-hybridized carbons (Fsp3) is 0.455. The number of aromatic nitrogens is 3. The monoisotopic (exact) mass is 412 g/mol. The Labute approximate surface area is 172 Å². The molecule has 7 heteroatoms. The maximum Gasteiger partial charge on any atom is 0.243 e. The van der Waals surface area contributed by atoms with Gasteiger partial charge in [-0.1, -0.05) is 32.9 Å². The molecule has 0 spiro atoms. The lowest BCUT2D eigenvalue weighted by Gasteiger charge is -2.20. The summed E-state index contributed by atoms with van der Waals surface area (Å²) in [7, 11) is -3.51. The standard InChI is InChI=1S/C22H28N4O2S/c1-5-26-20(24-19-7-6-13-23-21(19)26)16-12-14-25(15-16)29(27,28)18-10-8-17(9-11-18)22(2,3)4/h6-11,13,16H,5,12,14-15H2,1-4H3/t16-/m1/s1. The van der Waals surface area contributed by atoms with E-state index in [0.717, 1.165) is 35.5 Å². The van der Waals surface area contributed by atoms with Gasteiger partial charge in [0.15, 0.2) is 5.65 Å². The molecule has 0 aliphatic carbocycles. The number of imidazole rings is 1. The van der Waals surface area contributed by atoms with Crippen molar-refractivity contribution in [2.24, 2.45) is 0 Å². The molecular weight excluding hydrogens is 384 g/mol. The fourth-order valence-electron chi connectivity index (χ4n) is 4.03. The van der Waals surface area contributed by atoms with Crippen LogP contribution in [0.15, 0.2) is 47.5 Å². The van der Waals surface area contributed by atoms with Crippen LogP contribution in [0.2, 0.25) is 0 Å². The number of nitrogens with zero attached hydrogens (tertiary/aromatic N) is 4. The molecule has 0 saturated carbocycles. The topological polar surface area (TPSA) is 68.1 Å². The van der Waals surface area contributed by atoms with Crippen molar-refractivity contribution < 1.29 is 8.42 Å². The predicted octanol–water partition coefficient (Wildman–Crippen LogP) is 3.93. The smallest absolute Gasteiger partial charge is 0.243 e. The minimum absolute atomic E-state index is 0.00565. The molecule has 1 atom stereocenters. The van der Waals surface area contributed by atoms with Crippen LogP contribution in [0.5, 0.6) is 0 Å². The van der Waals surface area contributed by atoms with E-state index in [-0.39, 0.29) is 11.3 Å². The Morgan fingerprint density at radius 1 is 1.14 bits per heavy atom. The number of benzene rings is 1. The van der Waals surface area contributed by atoms with Crippen molar-refractivity contribution in [3.8, 4) is 0 Å². The van der Waals surface area contributed by atoms with Crippen molar-refractivity contribution in [1.82, 2.24) is 18.8 Å². The minimum Gasteiger partial charge on any atom is -0.313 e. The average Bonchev–Trinajstić information content (AvgIpc) is 3.32. The van der Waals surface area contributed by atoms with Crippen molar-refractivity contribution in [2.75, 3.05) is 13.1 Å². The molecule has 29 heavy (non-hydrogen) atoms. The lowest BCUT2D eigenvalue weighted by atomic mass is 9.87. The molecule has 0 radical (unpaired) electrons.